The average Bonchev–Trinajstić information content (AvgIpc) is 1.82. The molecule has 0 bridgehead atoms. The molecule has 2 heteroatoms. The van der Waals surface area contributed by atoms with Crippen LogP contribution in [0.5, 0.6) is 0 Å². The highest BCUT2D eigenvalue weighted by Gasteiger charge is 2.26. The van der Waals surface area contributed by atoms with Crippen molar-refractivity contribution in [2.24, 2.45) is 5.41 Å². The summed E-state index contributed by atoms with van der Waals surface area (Å²) < 4.78 is 0. The minimum Gasteiger partial charge on any atom is -0.298 e. The molecular weight excluding hydrogens is 162 g/mol. The molecule has 0 aromatic rings. The number of hydrogen-bond acceptors (Lipinski definition) is 2. The van der Waals surface area contributed by atoms with Crippen LogP contribution in [0.1, 0.15) is 41.5 Å². The largest absolute Gasteiger partial charge is 0.298 e. The van der Waals surface area contributed by atoms with E-state index in [1.165, 1.54) is 0 Å². The summed E-state index contributed by atoms with van der Waals surface area (Å²) in [5.41, 5.74) is -0.152. The lowest BCUT2D eigenvalue weighted by molar-refractivity contribution is -0.128. The molecule has 0 rings (SSSR count). The van der Waals surface area contributed by atoms with Gasteiger partial charge < -0.3 is 0 Å². The third-order valence-corrected chi connectivity index (χ3v) is 2.36. The van der Waals surface area contributed by atoms with E-state index >= 15 is 0 Å². The standard InChI is InChI=1S/C11H23NO/c1-10(2,3)9(13)8-12(7)11(4,5)6/h8H2,1-7H3. The first kappa shape index (κ1) is 12.6. The van der Waals surface area contributed by atoms with Crippen molar-refractivity contribution in [3.63, 3.8) is 0 Å². The second-order valence-corrected chi connectivity index (χ2v) is 5.70. The maximum atomic E-state index is 11.7. The number of likely N-dealkylation sites (N-methyl/N-ethyl adjacent to an activating group) is 1. The van der Waals surface area contributed by atoms with Crippen LogP contribution in [0.3, 0.4) is 0 Å². The van der Waals surface area contributed by atoms with Crippen molar-refractivity contribution in [1.82, 2.24) is 4.90 Å². The fraction of sp³-hybridized carbons (Fsp3) is 0.909. The lowest BCUT2D eigenvalue weighted by Gasteiger charge is -2.33. The first-order valence-electron chi connectivity index (χ1n) is 4.79. The molecule has 2 nitrogen and oxygen atoms in total. The van der Waals surface area contributed by atoms with E-state index in [9.17, 15) is 4.79 Å². The van der Waals surface area contributed by atoms with Gasteiger partial charge in [-0.05, 0) is 27.8 Å². The number of Topliss-reactive ketones (excluding diaryl/α,β-unsaturated/α-hetero) is 1. The Hall–Kier alpha value is -0.370. The zero-order valence-electron chi connectivity index (χ0n) is 10.1. The van der Waals surface area contributed by atoms with Gasteiger partial charge in [-0.15, -0.1) is 0 Å². The number of carbonyl (C=O) groups is 1. The molecule has 78 valence electrons. The van der Waals surface area contributed by atoms with Crippen molar-refractivity contribution >= 4 is 5.78 Å². The van der Waals surface area contributed by atoms with Gasteiger partial charge in [0.15, 0.2) is 5.78 Å². The zero-order chi connectivity index (χ0) is 10.9. The molecular formula is C11H23NO. The number of ketones is 1. The molecule has 0 saturated heterocycles. The van der Waals surface area contributed by atoms with E-state index in [4.69, 9.17) is 0 Å². The van der Waals surface area contributed by atoms with Gasteiger partial charge in [0.25, 0.3) is 0 Å². The van der Waals surface area contributed by atoms with Crippen LogP contribution >= 0.6 is 0 Å². The zero-order valence-corrected chi connectivity index (χ0v) is 10.1. The molecule has 0 fully saturated rings. The highest BCUT2D eigenvalue weighted by Crippen LogP contribution is 2.17. The fourth-order valence-corrected chi connectivity index (χ4v) is 0.690. The molecule has 0 aliphatic carbocycles. The van der Waals surface area contributed by atoms with E-state index in [0.717, 1.165) is 0 Å². The van der Waals surface area contributed by atoms with Crippen molar-refractivity contribution in [2.75, 3.05) is 13.6 Å². The van der Waals surface area contributed by atoms with E-state index < -0.39 is 0 Å². The molecule has 0 amide bonds. The Bertz CT molecular complexity index is 183. The summed E-state index contributed by atoms with van der Waals surface area (Å²) >= 11 is 0. The summed E-state index contributed by atoms with van der Waals surface area (Å²) in [5.74, 6) is 0.296. The smallest absolute Gasteiger partial charge is 0.152 e. The van der Waals surface area contributed by atoms with Crippen molar-refractivity contribution in [2.45, 2.75) is 47.1 Å². The SMILES string of the molecule is CN(CC(=O)C(C)(C)C)C(C)(C)C. The Kier molecular flexibility index (Phi) is 3.68. The minimum atomic E-state index is -0.223. The number of hydrogen-bond donors (Lipinski definition) is 0. The van der Waals surface area contributed by atoms with Crippen LogP contribution < -0.4 is 0 Å². The first-order chi connectivity index (χ1) is 5.55. The Morgan fingerprint density at radius 3 is 1.69 bits per heavy atom. The minimum absolute atomic E-state index is 0.0703. The molecule has 0 spiro atoms. The highest BCUT2D eigenvalue weighted by atomic mass is 16.1. The average molecular weight is 185 g/mol. The van der Waals surface area contributed by atoms with E-state index in [1.54, 1.807) is 0 Å². The molecule has 0 atom stereocenters. The van der Waals surface area contributed by atoms with E-state index in [1.807, 2.05) is 27.8 Å². The number of nitrogens with zero attached hydrogens (tertiary/aromatic N) is 1. The quantitative estimate of drug-likeness (QED) is 0.658. The lowest BCUT2D eigenvalue weighted by Crippen LogP contribution is -2.43. The third-order valence-electron chi connectivity index (χ3n) is 2.36. The second-order valence-electron chi connectivity index (χ2n) is 5.70. The number of carbonyl (C=O) groups excluding carboxylic acids is 1. The predicted octanol–water partition coefficient (Wildman–Crippen LogP) is 2.33. The molecule has 0 N–H and O–H groups in total. The van der Waals surface area contributed by atoms with Gasteiger partial charge in [-0.2, -0.15) is 0 Å². The molecule has 0 radical (unpaired) electrons. The van der Waals surface area contributed by atoms with Crippen LogP contribution in [-0.2, 0) is 4.79 Å². The van der Waals surface area contributed by atoms with Gasteiger partial charge in [-0.1, -0.05) is 20.8 Å². The Morgan fingerprint density at radius 2 is 1.46 bits per heavy atom. The van der Waals surface area contributed by atoms with Gasteiger partial charge in [0.2, 0.25) is 0 Å². The van der Waals surface area contributed by atoms with Crippen LogP contribution in [0.2, 0.25) is 0 Å². The van der Waals surface area contributed by atoms with Gasteiger partial charge in [0.1, 0.15) is 0 Å². The Labute approximate surface area is 82.3 Å². The van der Waals surface area contributed by atoms with Crippen molar-refractivity contribution < 1.29 is 4.79 Å². The summed E-state index contributed by atoms with van der Waals surface area (Å²) in [6, 6.07) is 0. The summed E-state index contributed by atoms with van der Waals surface area (Å²) in [4.78, 5) is 13.8. The maximum absolute atomic E-state index is 11.7. The van der Waals surface area contributed by atoms with Gasteiger partial charge >= 0.3 is 0 Å². The Balaban J connectivity index is 4.24. The van der Waals surface area contributed by atoms with Crippen LogP contribution in [0.15, 0.2) is 0 Å². The molecule has 0 aliphatic rings. The van der Waals surface area contributed by atoms with Crippen LogP contribution in [0.25, 0.3) is 0 Å². The topological polar surface area (TPSA) is 20.3 Å². The van der Waals surface area contributed by atoms with Gasteiger partial charge in [-0.3, -0.25) is 9.69 Å². The van der Waals surface area contributed by atoms with Crippen molar-refractivity contribution in [3.05, 3.63) is 0 Å². The normalized spacial score (nSPS) is 13.5. The molecule has 0 saturated carbocycles. The molecule has 0 aliphatic heterocycles. The molecule has 0 aromatic carbocycles. The van der Waals surface area contributed by atoms with Gasteiger partial charge in [-0.25, -0.2) is 0 Å². The monoisotopic (exact) mass is 185 g/mol. The predicted molar refractivity (Wildman–Crippen MR) is 56.8 cm³/mol. The summed E-state index contributed by atoms with van der Waals surface area (Å²) in [7, 11) is 1.99. The lowest BCUT2D eigenvalue weighted by atomic mass is 9.90. The summed E-state index contributed by atoms with van der Waals surface area (Å²) in [6.45, 7) is 12.8. The third kappa shape index (κ3) is 4.41. The van der Waals surface area contributed by atoms with E-state index in [0.29, 0.717) is 12.3 Å². The molecule has 0 unspecified atom stereocenters. The van der Waals surface area contributed by atoms with Crippen molar-refractivity contribution in [3.8, 4) is 0 Å². The van der Waals surface area contributed by atoms with Crippen molar-refractivity contribution in [1.29, 1.82) is 0 Å². The van der Waals surface area contributed by atoms with E-state index in [-0.39, 0.29) is 11.0 Å². The first-order valence-corrected chi connectivity index (χ1v) is 4.79. The molecule has 0 aromatic heterocycles. The van der Waals surface area contributed by atoms with Crippen LogP contribution in [0, 0.1) is 5.41 Å². The maximum Gasteiger partial charge on any atom is 0.152 e. The van der Waals surface area contributed by atoms with Gasteiger partial charge in [0.05, 0.1) is 6.54 Å². The van der Waals surface area contributed by atoms with Gasteiger partial charge in [0, 0.05) is 11.0 Å². The molecule has 0 heterocycles. The fourth-order valence-electron chi connectivity index (χ4n) is 0.690. The molecule has 13 heavy (non-hydrogen) atoms. The van der Waals surface area contributed by atoms with E-state index in [2.05, 4.69) is 25.7 Å². The highest BCUT2D eigenvalue weighted by molar-refractivity contribution is 5.85. The summed E-state index contributed by atoms with van der Waals surface area (Å²) in [6.07, 6.45) is 0. The summed E-state index contributed by atoms with van der Waals surface area (Å²) in [5, 5.41) is 0. The second kappa shape index (κ2) is 3.79. The van der Waals surface area contributed by atoms with Crippen LogP contribution in [0.4, 0.5) is 0 Å². The van der Waals surface area contributed by atoms with Crippen LogP contribution in [-0.4, -0.2) is 29.8 Å². The number of rotatable bonds is 2. The Morgan fingerprint density at radius 1 is 1.08 bits per heavy atom.